The highest BCUT2D eigenvalue weighted by Gasteiger charge is 2.27. The summed E-state index contributed by atoms with van der Waals surface area (Å²) in [5, 5.41) is 0. The Labute approximate surface area is 109 Å². The molecule has 1 saturated carbocycles. The number of unbranched alkanes of at least 4 members (excludes halogenated alkanes) is 9. The van der Waals surface area contributed by atoms with Gasteiger partial charge in [-0.2, -0.15) is 0 Å². The van der Waals surface area contributed by atoms with Crippen molar-refractivity contribution in [3.63, 3.8) is 0 Å². The Morgan fingerprint density at radius 3 is 1.76 bits per heavy atom. The fraction of sp³-hybridized carbons (Fsp3) is 1.00. The average Bonchev–Trinajstić information content (AvgIpc) is 3.15. The van der Waals surface area contributed by atoms with Gasteiger partial charge < -0.3 is 5.73 Å². The third kappa shape index (κ3) is 8.65. The molecule has 1 rings (SSSR count). The van der Waals surface area contributed by atoms with Crippen LogP contribution >= 0.6 is 0 Å². The maximum atomic E-state index is 6.09. The third-order valence-electron chi connectivity index (χ3n) is 4.12. The van der Waals surface area contributed by atoms with Gasteiger partial charge in [0.15, 0.2) is 0 Å². The standard InChI is InChI=1S/C16H33N/c1-2-3-4-5-6-7-8-9-10-11-12-16(17)15-13-14-15/h15-16H,2-14,17H2,1H3. The van der Waals surface area contributed by atoms with Crippen molar-refractivity contribution in [2.45, 2.75) is 96.4 Å². The molecule has 1 nitrogen and oxygen atoms in total. The highest BCUT2D eigenvalue weighted by atomic mass is 14.7. The van der Waals surface area contributed by atoms with E-state index in [1.54, 1.807) is 0 Å². The maximum Gasteiger partial charge on any atom is 0.00671 e. The fourth-order valence-corrected chi connectivity index (χ4v) is 2.63. The molecule has 0 spiro atoms. The lowest BCUT2D eigenvalue weighted by molar-refractivity contribution is 0.494. The van der Waals surface area contributed by atoms with Crippen LogP contribution in [-0.2, 0) is 0 Å². The van der Waals surface area contributed by atoms with Crippen molar-refractivity contribution >= 4 is 0 Å². The van der Waals surface area contributed by atoms with Crippen LogP contribution in [-0.4, -0.2) is 6.04 Å². The molecule has 102 valence electrons. The minimum atomic E-state index is 0.532. The molecule has 1 heteroatoms. The summed E-state index contributed by atoms with van der Waals surface area (Å²) in [6.07, 6.45) is 18.4. The molecule has 0 aromatic rings. The van der Waals surface area contributed by atoms with E-state index >= 15 is 0 Å². The van der Waals surface area contributed by atoms with Crippen LogP contribution in [0.2, 0.25) is 0 Å². The molecule has 1 aliphatic rings. The van der Waals surface area contributed by atoms with Crippen molar-refractivity contribution in [3.05, 3.63) is 0 Å². The molecule has 2 N–H and O–H groups in total. The minimum Gasteiger partial charge on any atom is -0.327 e. The first-order valence-corrected chi connectivity index (χ1v) is 8.10. The molecule has 0 aromatic heterocycles. The van der Waals surface area contributed by atoms with E-state index in [4.69, 9.17) is 5.73 Å². The number of hydrogen-bond acceptors (Lipinski definition) is 1. The monoisotopic (exact) mass is 239 g/mol. The van der Waals surface area contributed by atoms with Crippen molar-refractivity contribution in [1.29, 1.82) is 0 Å². The van der Waals surface area contributed by atoms with Gasteiger partial charge in [0.2, 0.25) is 0 Å². The minimum absolute atomic E-state index is 0.532. The van der Waals surface area contributed by atoms with Gasteiger partial charge >= 0.3 is 0 Å². The second kappa shape index (κ2) is 9.94. The van der Waals surface area contributed by atoms with Crippen molar-refractivity contribution in [1.82, 2.24) is 0 Å². The van der Waals surface area contributed by atoms with Crippen molar-refractivity contribution in [2.75, 3.05) is 0 Å². The van der Waals surface area contributed by atoms with Gasteiger partial charge in [0.25, 0.3) is 0 Å². The molecule has 1 atom stereocenters. The first kappa shape index (κ1) is 15.0. The van der Waals surface area contributed by atoms with Crippen LogP contribution in [0.1, 0.15) is 90.4 Å². The second-order valence-corrected chi connectivity index (χ2v) is 5.97. The zero-order chi connectivity index (χ0) is 12.3. The van der Waals surface area contributed by atoms with Crippen LogP contribution in [0.5, 0.6) is 0 Å². The smallest absolute Gasteiger partial charge is 0.00671 e. The van der Waals surface area contributed by atoms with Crippen LogP contribution in [0.25, 0.3) is 0 Å². The van der Waals surface area contributed by atoms with Crippen LogP contribution in [0.3, 0.4) is 0 Å². The maximum absolute atomic E-state index is 6.09. The Bertz CT molecular complexity index is 163. The molecule has 1 unspecified atom stereocenters. The molecular formula is C16H33N. The van der Waals surface area contributed by atoms with E-state index in [0.29, 0.717) is 6.04 Å². The van der Waals surface area contributed by atoms with Gasteiger partial charge in [-0.3, -0.25) is 0 Å². The van der Waals surface area contributed by atoms with Gasteiger partial charge in [0, 0.05) is 6.04 Å². The predicted molar refractivity (Wildman–Crippen MR) is 77.2 cm³/mol. The first-order chi connectivity index (χ1) is 8.34. The molecule has 0 bridgehead atoms. The largest absolute Gasteiger partial charge is 0.327 e. The number of hydrogen-bond donors (Lipinski definition) is 1. The molecule has 1 aliphatic carbocycles. The zero-order valence-corrected chi connectivity index (χ0v) is 11.9. The highest BCUT2D eigenvalue weighted by Crippen LogP contribution is 2.33. The summed E-state index contributed by atoms with van der Waals surface area (Å²) in [6.45, 7) is 2.28. The Kier molecular flexibility index (Phi) is 8.78. The van der Waals surface area contributed by atoms with E-state index in [-0.39, 0.29) is 0 Å². The van der Waals surface area contributed by atoms with Crippen LogP contribution in [0.15, 0.2) is 0 Å². The zero-order valence-electron chi connectivity index (χ0n) is 11.9. The molecule has 0 saturated heterocycles. The van der Waals surface area contributed by atoms with Crippen molar-refractivity contribution in [3.8, 4) is 0 Å². The normalized spacial score (nSPS) is 17.3. The van der Waals surface area contributed by atoms with Crippen molar-refractivity contribution < 1.29 is 0 Å². The van der Waals surface area contributed by atoms with Gasteiger partial charge in [-0.05, 0) is 25.2 Å². The van der Waals surface area contributed by atoms with Gasteiger partial charge in [-0.15, -0.1) is 0 Å². The predicted octanol–water partition coefficient (Wildman–Crippen LogP) is 5.03. The molecule has 0 radical (unpaired) electrons. The summed E-state index contributed by atoms with van der Waals surface area (Å²) in [4.78, 5) is 0. The molecule has 0 aliphatic heterocycles. The lowest BCUT2D eigenvalue weighted by Gasteiger charge is -2.09. The molecule has 1 fully saturated rings. The number of nitrogens with two attached hydrogens (primary N) is 1. The Hall–Kier alpha value is -0.0400. The van der Waals surface area contributed by atoms with E-state index in [2.05, 4.69) is 6.92 Å². The Morgan fingerprint density at radius 1 is 0.824 bits per heavy atom. The SMILES string of the molecule is CCCCCCCCCCCCC(N)C1CC1. The lowest BCUT2D eigenvalue weighted by Crippen LogP contribution is -2.21. The second-order valence-electron chi connectivity index (χ2n) is 5.97. The van der Waals surface area contributed by atoms with Gasteiger partial charge in [0.05, 0.1) is 0 Å². The van der Waals surface area contributed by atoms with Gasteiger partial charge in [-0.25, -0.2) is 0 Å². The summed E-state index contributed by atoms with van der Waals surface area (Å²) in [6, 6.07) is 0.532. The molecule has 0 heterocycles. The quantitative estimate of drug-likeness (QED) is 0.475. The summed E-state index contributed by atoms with van der Waals surface area (Å²) >= 11 is 0. The summed E-state index contributed by atoms with van der Waals surface area (Å²) in [5.41, 5.74) is 6.09. The van der Waals surface area contributed by atoms with E-state index in [1.165, 1.54) is 83.5 Å². The van der Waals surface area contributed by atoms with E-state index in [9.17, 15) is 0 Å². The van der Waals surface area contributed by atoms with Crippen LogP contribution in [0, 0.1) is 5.92 Å². The van der Waals surface area contributed by atoms with E-state index in [0.717, 1.165) is 5.92 Å². The lowest BCUT2D eigenvalue weighted by atomic mass is 10.0. The van der Waals surface area contributed by atoms with E-state index in [1.807, 2.05) is 0 Å². The van der Waals surface area contributed by atoms with Gasteiger partial charge in [0.1, 0.15) is 0 Å². The molecule has 0 aromatic carbocycles. The van der Waals surface area contributed by atoms with Crippen LogP contribution in [0.4, 0.5) is 0 Å². The molecule has 0 amide bonds. The fourth-order valence-electron chi connectivity index (χ4n) is 2.63. The Morgan fingerprint density at radius 2 is 1.29 bits per heavy atom. The average molecular weight is 239 g/mol. The molecular weight excluding hydrogens is 206 g/mol. The summed E-state index contributed by atoms with van der Waals surface area (Å²) in [5.74, 6) is 0.897. The highest BCUT2D eigenvalue weighted by molar-refractivity contribution is 4.83. The van der Waals surface area contributed by atoms with Crippen molar-refractivity contribution in [2.24, 2.45) is 11.7 Å². The van der Waals surface area contributed by atoms with Crippen LogP contribution < -0.4 is 5.73 Å². The molecule has 17 heavy (non-hydrogen) atoms. The first-order valence-electron chi connectivity index (χ1n) is 8.10. The van der Waals surface area contributed by atoms with E-state index < -0.39 is 0 Å². The number of rotatable bonds is 12. The topological polar surface area (TPSA) is 26.0 Å². The third-order valence-corrected chi connectivity index (χ3v) is 4.12. The Balaban J connectivity index is 1.69. The summed E-state index contributed by atoms with van der Waals surface area (Å²) in [7, 11) is 0. The summed E-state index contributed by atoms with van der Waals surface area (Å²) < 4.78 is 0. The van der Waals surface area contributed by atoms with Gasteiger partial charge in [-0.1, -0.05) is 71.1 Å².